The third kappa shape index (κ3) is 4.55. The van der Waals surface area contributed by atoms with Crippen LogP contribution in [0.3, 0.4) is 0 Å². The normalized spacial score (nSPS) is 17.5. The van der Waals surface area contributed by atoms with Crippen molar-refractivity contribution in [3.8, 4) is 0 Å². The Morgan fingerprint density at radius 2 is 1.96 bits per heavy atom. The number of nitrogens with zero attached hydrogens (tertiary/aromatic N) is 1. The predicted molar refractivity (Wildman–Crippen MR) is 94.4 cm³/mol. The number of amides is 1. The maximum atomic E-state index is 12.8. The van der Waals surface area contributed by atoms with Crippen LogP contribution in [0.1, 0.15) is 48.5 Å². The van der Waals surface area contributed by atoms with Gasteiger partial charge in [0, 0.05) is 31.2 Å². The molecule has 2 rings (SSSR count). The Morgan fingerprint density at radius 1 is 1.29 bits per heavy atom. The van der Waals surface area contributed by atoms with Crippen LogP contribution >= 0.6 is 0 Å². The number of rotatable bonds is 6. The molecular formula is C17H27N3O3S. The molecule has 1 fully saturated rings. The molecule has 24 heavy (non-hydrogen) atoms. The van der Waals surface area contributed by atoms with Gasteiger partial charge in [0.2, 0.25) is 10.0 Å². The molecule has 0 aliphatic carbocycles. The molecule has 1 saturated heterocycles. The Hall–Kier alpha value is -1.44. The van der Waals surface area contributed by atoms with Crippen molar-refractivity contribution in [1.82, 2.24) is 9.62 Å². The van der Waals surface area contributed by atoms with Gasteiger partial charge in [0.25, 0.3) is 5.91 Å². The Kier molecular flexibility index (Phi) is 6.37. The van der Waals surface area contributed by atoms with E-state index in [0.29, 0.717) is 31.6 Å². The van der Waals surface area contributed by atoms with E-state index in [-0.39, 0.29) is 16.8 Å². The lowest BCUT2D eigenvalue weighted by atomic mass is 10.1. The van der Waals surface area contributed by atoms with Crippen LogP contribution in [-0.2, 0) is 10.0 Å². The van der Waals surface area contributed by atoms with E-state index in [2.05, 4.69) is 5.32 Å². The molecule has 6 nitrogen and oxygen atoms in total. The number of nitrogens with one attached hydrogen (secondary N) is 1. The summed E-state index contributed by atoms with van der Waals surface area (Å²) in [6, 6.07) is 4.77. The molecular weight excluding hydrogens is 326 g/mol. The van der Waals surface area contributed by atoms with Crippen molar-refractivity contribution in [3.05, 3.63) is 29.3 Å². The zero-order valence-corrected chi connectivity index (χ0v) is 15.2. The molecule has 7 heteroatoms. The monoisotopic (exact) mass is 353 g/mol. The molecule has 0 radical (unpaired) electrons. The van der Waals surface area contributed by atoms with Gasteiger partial charge in [0.1, 0.15) is 0 Å². The number of hydrogen-bond donors (Lipinski definition) is 2. The lowest BCUT2D eigenvalue weighted by Crippen LogP contribution is -2.36. The summed E-state index contributed by atoms with van der Waals surface area (Å²) in [5, 5.41) is 2.80. The number of benzene rings is 1. The van der Waals surface area contributed by atoms with E-state index < -0.39 is 10.0 Å². The molecule has 1 amide bonds. The van der Waals surface area contributed by atoms with Crippen molar-refractivity contribution < 1.29 is 13.2 Å². The first-order valence-electron chi connectivity index (χ1n) is 8.47. The van der Waals surface area contributed by atoms with Crippen molar-refractivity contribution in [3.63, 3.8) is 0 Å². The highest BCUT2D eigenvalue weighted by atomic mass is 32.2. The smallest absolute Gasteiger partial charge is 0.251 e. The van der Waals surface area contributed by atoms with Crippen LogP contribution < -0.4 is 11.1 Å². The molecule has 1 aromatic rings. The first kappa shape index (κ1) is 18.9. The zero-order chi connectivity index (χ0) is 17.7. The van der Waals surface area contributed by atoms with Gasteiger partial charge in [-0.1, -0.05) is 12.5 Å². The van der Waals surface area contributed by atoms with E-state index in [9.17, 15) is 13.2 Å². The lowest BCUT2D eigenvalue weighted by Gasteiger charge is -2.26. The number of carbonyl (C=O) groups excluding carboxylic acids is 1. The van der Waals surface area contributed by atoms with Gasteiger partial charge in [-0.25, -0.2) is 8.42 Å². The minimum Gasteiger partial charge on any atom is -0.352 e. The van der Waals surface area contributed by atoms with Crippen LogP contribution in [0.2, 0.25) is 0 Å². The van der Waals surface area contributed by atoms with Gasteiger partial charge in [0.05, 0.1) is 4.90 Å². The highest BCUT2D eigenvalue weighted by molar-refractivity contribution is 7.89. The van der Waals surface area contributed by atoms with Crippen molar-refractivity contribution >= 4 is 15.9 Å². The number of aryl methyl sites for hydroxylation is 1. The molecule has 0 saturated carbocycles. The van der Waals surface area contributed by atoms with E-state index in [1.807, 2.05) is 6.92 Å². The molecule has 1 heterocycles. The van der Waals surface area contributed by atoms with E-state index in [0.717, 1.165) is 24.8 Å². The summed E-state index contributed by atoms with van der Waals surface area (Å²) in [4.78, 5) is 12.5. The van der Waals surface area contributed by atoms with Gasteiger partial charge in [-0.3, -0.25) is 4.79 Å². The summed E-state index contributed by atoms with van der Waals surface area (Å²) >= 11 is 0. The van der Waals surface area contributed by atoms with Crippen LogP contribution in [0.25, 0.3) is 0 Å². The summed E-state index contributed by atoms with van der Waals surface area (Å²) in [6.07, 6.45) is 3.51. The fraction of sp³-hybridized carbons (Fsp3) is 0.588. The maximum Gasteiger partial charge on any atom is 0.251 e. The first-order valence-corrected chi connectivity index (χ1v) is 9.91. The van der Waals surface area contributed by atoms with Gasteiger partial charge in [-0.15, -0.1) is 0 Å². The molecule has 1 atom stereocenters. The van der Waals surface area contributed by atoms with Crippen molar-refractivity contribution in [1.29, 1.82) is 0 Å². The molecule has 3 N–H and O–H groups in total. The standard InChI is InChI=1S/C17H27N3O3S/c1-13-6-7-15(24(22,23)20-10-4-3-5-11-20)12-16(13)17(21)19-9-8-14(2)18/h6-7,12,14H,3-5,8-11,18H2,1-2H3,(H,19,21). The molecule has 1 aromatic carbocycles. The predicted octanol–water partition coefficient (Wildman–Crippen LogP) is 1.64. The fourth-order valence-electron chi connectivity index (χ4n) is 2.77. The summed E-state index contributed by atoms with van der Waals surface area (Å²) in [6.45, 7) is 5.25. The van der Waals surface area contributed by atoms with E-state index in [1.165, 1.54) is 10.4 Å². The van der Waals surface area contributed by atoms with Gasteiger partial charge < -0.3 is 11.1 Å². The summed E-state index contributed by atoms with van der Waals surface area (Å²) in [5.41, 5.74) is 6.83. The molecule has 0 aromatic heterocycles. The second-order valence-electron chi connectivity index (χ2n) is 6.46. The van der Waals surface area contributed by atoms with Crippen LogP contribution in [-0.4, -0.2) is 44.3 Å². The molecule has 1 unspecified atom stereocenters. The van der Waals surface area contributed by atoms with Gasteiger partial charge in [0.15, 0.2) is 0 Å². The van der Waals surface area contributed by atoms with Gasteiger partial charge in [-0.05, 0) is 50.8 Å². The minimum absolute atomic E-state index is 0.0113. The van der Waals surface area contributed by atoms with E-state index >= 15 is 0 Å². The van der Waals surface area contributed by atoms with Crippen molar-refractivity contribution in [2.75, 3.05) is 19.6 Å². The largest absolute Gasteiger partial charge is 0.352 e. The summed E-state index contributed by atoms with van der Waals surface area (Å²) in [7, 11) is -3.54. The van der Waals surface area contributed by atoms with Crippen LogP contribution in [0, 0.1) is 6.92 Å². The van der Waals surface area contributed by atoms with Crippen LogP contribution in [0.5, 0.6) is 0 Å². The average Bonchev–Trinajstić information content (AvgIpc) is 2.55. The van der Waals surface area contributed by atoms with Crippen LogP contribution in [0.4, 0.5) is 0 Å². The van der Waals surface area contributed by atoms with Gasteiger partial charge in [-0.2, -0.15) is 4.31 Å². The SMILES string of the molecule is Cc1ccc(S(=O)(=O)N2CCCCC2)cc1C(=O)NCCC(C)N. The topological polar surface area (TPSA) is 92.5 Å². The third-order valence-corrected chi connectivity index (χ3v) is 6.19. The molecule has 1 aliphatic rings. The molecule has 1 aliphatic heterocycles. The number of sulfonamides is 1. The highest BCUT2D eigenvalue weighted by Gasteiger charge is 2.27. The summed E-state index contributed by atoms with van der Waals surface area (Å²) < 4.78 is 27.0. The fourth-order valence-corrected chi connectivity index (χ4v) is 4.31. The number of carbonyl (C=O) groups is 1. The van der Waals surface area contributed by atoms with Crippen LogP contribution in [0.15, 0.2) is 23.1 Å². The van der Waals surface area contributed by atoms with E-state index in [4.69, 9.17) is 5.73 Å². The Bertz CT molecular complexity index is 680. The highest BCUT2D eigenvalue weighted by Crippen LogP contribution is 2.22. The number of nitrogens with two attached hydrogens (primary N) is 1. The van der Waals surface area contributed by atoms with Crippen molar-refractivity contribution in [2.24, 2.45) is 5.73 Å². The Labute approximate surface area is 144 Å². The average molecular weight is 353 g/mol. The maximum absolute atomic E-state index is 12.8. The Balaban J connectivity index is 2.19. The number of hydrogen-bond acceptors (Lipinski definition) is 4. The zero-order valence-electron chi connectivity index (χ0n) is 14.4. The second kappa shape index (κ2) is 8.09. The lowest BCUT2D eigenvalue weighted by molar-refractivity contribution is 0.0952. The minimum atomic E-state index is -3.54. The van der Waals surface area contributed by atoms with Gasteiger partial charge >= 0.3 is 0 Å². The molecule has 0 spiro atoms. The van der Waals surface area contributed by atoms with Crippen molar-refractivity contribution in [2.45, 2.75) is 50.5 Å². The molecule has 134 valence electrons. The number of piperidine rings is 1. The summed E-state index contributed by atoms with van der Waals surface area (Å²) in [5.74, 6) is -0.260. The quantitative estimate of drug-likeness (QED) is 0.813. The van der Waals surface area contributed by atoms with E-state index in [1.54, 1.807) is 19.1 Å². The molecule has 0 bridgehead atoms. The third-order valence-electron chi connectivity index (χ3n) is 4.29. The first-order chi connectivity index (χ1) is 11.3. The Morgan fingerprint density at radius 3 is 2.58 bits per heavy atom. The second-order valence-corrected chi connectivity index (χ2v) is 8.40.